The van der Waals surface area contributed by atoms with Gasteiger partial charge in [-0.25, -0.2) is 0 Å². The van der Waals surface area contributed by atoms with Gasteiger partial charge in [0.2, 0.25) is 0 Å². The average molecular weight is 222 g/mol. The largest absolute Gasteiger partial charge is 0.462 e. The summed E-state index contributed by atoms with van der Waals surface area (Å²) in [4.78, 5) is 9.93. The highest BCUT2D eigenvalue weighted by atomic mass is 16.5. The van der Waals surface area contributed by atoms with Crippen LogP contribution in [0.4, 0.5) is 0 Å². The maximum absolute atomic E-state index is 9.93. The van der Waals surface area contributed by atoms with Crippen LogP contribution in [0.1, 0.15) is 26.3 Å². The highest BCUT2D eigenvalue weighted by Gasteiger charge is 1.83. The van der Waals surface area contributed by atoms with E-state index < -0.39 is 0 Å². The van der Waals surface area contributed by atoms with Crippen molar-refractivity contribution in [1.82, 2.24) is 0 Å². The zero-order chi connectivity index (χ0) is 12.8. The molecule has 0 saturated heterocycles. The lowest BCUT2D eigenvalue weighted by atomic mass is 10.2. The van der Waals surface area contributed by atoms with Gasteiger partial charge >= 0.3 is 5.97 Å². The maximum atomic E-state index is 9.93. The fourth-order valence-corrected chi connectivity index (χ4v) is 0.711. The van der Waals surface area contributed by atoms with Gasteiger partial charge in [0.15, 0.2) is 0 Å². The Bertz CT molecular complexity index is 265. The van der Waals surface area contributed by atoms with Gasteiger partial charge in [-0.1, -0.05) is 62.4 Å². The van der Waals surface area contributed by atoms with E-state index in [-0.39, 0.29) is 5.97 Å². The summed E-state index contributed by atoms with van der Waals surface area (Å²) in [6.07, 6.45) is 1.53. The number of carbonyl (C=O) groups is 1. The molecule has 0 fully saturated rings. The molecule has 0 unspecified atom stereocenters. The van der Waals surface area contributed by atoms with Crippen molar-refractivity contribution in [2.75, 3.05) is 6.61 Å². The molecule has 0 aliphatic heterocycles. The Morgan fingerprint density at radius 1 is 1.31 bits per heavy atom. The predicted molar refractivity (Wildman–Crippen MR) is 69.4 cm³/mol. The zero-order valence-corrected chi connectivity index (χ0v) is 10.7. The standard InChI is InChI=1S/C7H8.C5H8O2.C2H6/c1-7-5-3-2-4-6-7;1-3-4-7-5(2)6;1-2/h2-6H,1H3;3H,1,4H2,2H3;1-2H3. The van der Waals surface area contributed by atoms with Crippen molar-refractivity contribution in [3.63, 3.8) is 0 Å². The molecule has 90 valence electrons. The van der Waals surface area contributed by atoms with Gasteiger partial charge in [-0.05, 0) is 6.92 Å². The molecule has 0 aromatic heterocycles. The minimum atomic E-state index is -0.264. The fourth-order valence-electron chi connectivity index (χ4n) is 0.711. The van der Waals surface area contributed by atoms with Crippen molar-refractivity contribution in [2.24, 2.45) is 0 Å². The number of hydrogen-bond acceptors (Lipinski definition) is 2. The lowest BCUT2D eigenvalue weighted by Crippen LogP contribution is -1.96. The molecule has 1 aromatic rings. The number of esters is 1. The molecule has 0 heterocycles. The monoisotopic (exact) mass is 222 g/mol. The Kier molecular flexibility index (Phi) is 14.1. The van der Waals surface area contributed by atoms with E-state index in [0.717, 1.165) is 0 Å². The van der Waals surface area contributed by atoms with Crippen molar-refractivity contribution in [2.45, 2.75) is 27.7 Å². The Labute approximate surface area is 98.9 Å². The van der Waals surface area contributed by atoms with E-state index >= 15 is 0 Å². The highest BCUT2D eigenvalue weighted by Crippen LogP contribution is 1.92. The molecule has 0 N–H and O–H groups in total. The second kappa shape index (κ2) is 13.4. The van der Waals surface area contributed by atoms with Crippen molar-refractivity contribution in [1.29, 1.82) is 0 Å². The second-order valence-corrected chi connectivity index (χ2v) is 2.75. The van der Waals surface area contributed by atoms with Gasteiger partial charge < -0.3 is 4.74 Å². The quantitative estimate of drug-likeness (QED) is 0.562. The van der Waals surface area contributed by atoms with Crippen LogP contribution in [0.2, 0.25) is 0 Å². The highest BCUT2D eigenvalue weighted by molar-refractivity contribution is 5.65. The molecule has 0 saturated carbocycles. The summed E-state index contributed by atoms with van der Waals surface area (Å²) in [6, 6.07) is 10.3. The van der Waals surface area contributed by atoms with Crippen LogP contribution >= 0.6 is 0 Å². The molecular weight excluding hydrogens is 200 g/mol. The topological polar surface area (TPSA) is 26.3 Å². The molecule has 0 amide bonds. The molecule has 2 heteroatoms. The van der Waals surface area contributed by atoms with Crippen LogP contribution in [0.25, 0.3) is 0 Å². The first-order chi connectivity index (χ1) is 7.66. The molecule has 0 aliphatic carbocycles. The van der Waals surface area contributed by atoms with Crippen LogP contribution in [-0.4, -0.2) is 12.6 Å². The van der Waals surface area contributed by atoms with Gasteiger partial charge in [0.1, 0.15) is 6.61 Å². The summed E-state index contributed by atoms with van der Waals surface area (Å²) in [5.41, 5.74) is 1.32. The molecule has 0 atom stereocenters. The van der Waals surface area contributed by atoms with E-state index in [0.29, 0.717) is 6.61 Å². The SMILES string of the molecule is C=CCOC(C)=O.CC.Cc1ccccc1. The van der Waals surface area contributed by atoms with Gasteiger partial charge in [-0.3, -0.25) is 4.79 Å². The Morgan fingerprint density at radius 2 is 1.81 bits per heavy atom. The van der Waals surface area contributed by atoms with Crippen LogP contribution in [0.3, 0.4) is 0 Å². The lowest BCUT2D eigenvalue weighted by Gasteiger charge is -1.90. The van der Waals surface area contributed by atoms with Crippen LogP contribution < -0.4 is 0 Å². The van der Waals surface area contributed by atoms with E-state index in [1.165, 1.54) is 18.6 Å². The van der Waals surface area contributed by atoms with Crippen molar-refractivity contribution in [3.05, 3.63) is 48.6 Å². The Balaban J connectivity index is 0. The molecule has 0 bridgehead atoms. The van der Waals surface area contributed by atoms with Gasteiger partial charge in [-0.15, -0.1) is 0 Å². The van der Waals surface area contributed by atoms with E-state index in [1.807, 2.05) is 32.0 Å². The van der Waals surface area contributed by atoms with Gasteiger partial charge in [0.05, 0.1) is 0 Å². The maximum Gasteiger partial charge on any atom is 0.302 e. The van der Waals surface area contributed by atoms with Crippen LogP contribution in [0, 0.1) is 6.92 Å². The van der Waals surface area contributed by atoms with E-state index in [4.69, 9.17) is 0 Å². The minimum Gasteiger partial charge on any atom is -0.462 e. The third kappa shape index (κ3) is 14.9. The first-order valence-electron chi connectivity index (χ1n) is 5.42. The molecule has 2 nitrogen and oxygen atoms in total. The van der Waals surface area contributed by atoms with Crippen molar-refractivity contribution in [3.8, 4) is 0 Å². The Morgan fingerprint density at radius 3 is 2.00 bits per heavy atom. The molecule has 0 aliphatic rings. The average Bonchev–Trinajstić information content (AvgIpc) is 2.31. The van der Waals surface area contributed by atoms with Crippen LogP contribution in [0.15, 0.2) is 43.0 Å². The van der Waals surface area contributed by atoms with E-state index in [2.05, 4.69) is 30.4 Å². The summed E-state index contributed by atoms with van der Waals surface area (Å²) in [5.74, 6) is -0.264. The summed E-state index contributed by atoms with van der Waals surface area (Å²) in [5, 5.41) is 0. The van der Waals surface area contributed by atoms with Crippen molar-refractivity contribution < 1.29 is 9.53 Å². The van der Waals surface area contributed by atoms with Gasteiger partial charge in [0, 0.05) is 6.92 Å². The second-order valence-electron chi connectivity index (χ2n) is 2.75. The number of rotatable bonds is 2. The molecule has 1 rings (SSSR count). The number of hydrogen-bond donors (Lipinski definition) is 0. The van der Waals surface area contributed by atoms with E-state index in [9.17, 15) is 4.79 Å². The summed E-state index contributed by atoms with van der Waals surface area (Å²) in [7, 11) is 0. The smallest absolute Gasteiger partial charge is 0.302 e. The third-order valence-corrected chi connectivity index (χ3v) is 1.34. The molecule has 0 spiro atoms. The molecule has 1 aromatic carbocycles. The zero-order valence-electron chi connectivity index (χ0n) is 10.7. The van der Waals surface area contributed by atoms with Crippen LogP contribution in [0.5, 0.6) is 0 Å². The summed E-state index contributed by atoms with van der Waals surface area (Å²) in [6.45, 7) is 11.1. The molecular formula is C14H22O2. The first-order valence-corrected chi connectivity index (χ1v) is 5.42. The normalized spacial score (nSPS) is 7.50. The number of carbonyl (C=O) groups excluding carboxylic acids is 1. The first kappa shape index (κ1) is 16.8. The lowest BCUT2D eigenvalue weighted by molar-refractivity contribution is -0.139. The summed E-state index contributed by atoms with van der Waals surface area (Å²) < 4.78 is 4.43. The van der Waals surface area contributed by atoms with Crippen molar-refractivity contribution >= 4 is 5.97 Å². The third-order valence-electron chi connectivity index (χ3n) is 1.34. The van der Waals surface area contributed by atoms with Gasteiger partial charge in [-0.2, -0.15) is 0 Å². The number of aryl methyl sites for hydroxylation is 1. The number of benzene rings is 1. The van der Waals surface area contributed by atoms with Gasteiger partial charge in [0.25, 0.3) is 0 Å². The number of ether oxygens (including phenoxy) is 1. The molecule has 16 heavy (non-hydrogen) atoms. The summed E-state index contributed by atoms with van der Waals surface area (Å²) >= 11 is 0. The fraction of sp³-hybridized carbons (Fsp3) is 0.357. The predicted octanol–water partition coefficient (Wildman–Crippen LogP) is 3.76. The molecule has 0 radical (unpaired) electrons. The van der Waals surface area contributed by atoms with E-state index in [1.54, 1.807) is 0 Å². The minimum absolute atomic E-state index is 0.264. The Hall–Kier alpha value is -1.57. The van der Waals surface area contributed by atoms with Crippen LogP contribution in [-0.2, 0) is 9.53 Å².